The summed E-state index contributed by atoms with van der Waals surface area (Å²) in [6, 6.07) is 5.40. The summed E-state index contributed by atoms with van der Waals surface area (Å²) in [5, 5.41) is 11.6. The van der Waals surface area contributed by atoms with Crippen molar-refractivity contribution in [2.45, 2.75) is 26.2 Å². The second kappa shape index (κ2) is 7.54. The Morgan fingerprint density at radius 3 is 2.82 bits per heavy atom. The van der Waals surface area contributed by atoms with E-state index < -0.39 is 0 Å². The van der Waals surface area contributed by atoms with E-state index in [1.807, 2.05) is 0 Å². The van der Waals surface area contributed by atoms with Crippen LogP contribution in [0.4, 0.5) is 0 Å². The lowest BCUT2D eigenvalue weighted by atomic mass is 10.2. The molecule has 1 aromatic rings. The van der Waals surface area contributed by atoms with E-state index in [4.69, 9.17) is 14.7 Å². The van der Waals surface area contributed by atoms with Gasteiger partial charge in [-0.15, -0.1) is 0 Å². The Kier molecular flexibility index (Phi) is 5.93. The highest BCUT2D eigenvalue weighted by Gasteiger charge is 2.04. The van der Waals surface area contributed by atoms with Crippen LogP contribution in [0, 0.1) is 0 Å². The van der Waals surface area contributed by atoms with Crippen molar-refractivity contribution in [1.82, 2.24) is 0 Å². The second-order valence-corrected chi connectivity index (χ2v) is 3.70. The lowest BCUT2D eigenvalue weighted by molar-refractivity contribution is 0.302. The van der Waals surface area contributed by atoms with E-state index in [1.165, 1.54) is 6.21 Å². The van der Waals surface area contributed by atoms with Crippen LogP contribution in [0.15, 0.2) is 23.4 Å². The van der Waals surface area contributed by atoms with Gasteiger partial charge in [-0.3, -0.25) is 0 Å². The van der Waals surface area contributed by atoms with E-state index in [9.17, 15) is 0 Å². The summed E-state index contributed by atoms with van der Waals surface area (Å²) in [6.07, 6.45) is 4.68. The molecule has 0 aromatic heterocycles. The Morgan fingerprint density at radius 1 is 1.35 bits per heavy atom. The van der Waals surface area contributed by atoms with Crippen LogP contribution in [-0.4, -0.2) is 25.1 Å². The highest BCUT2D eigenvalue weighted by molar-refractivity contribution is 5.83. The molecule has 1 rings (SSSR count). The van der Waals surface area contributed by atoms with E-state index in [0.717, 1.165) is 30.6 Å². The molecule has 0 heterocycles. The molecule has 0 unspecified atom stereocenters. The number of nitrogens with zero attached hydrogens (tertiary/aromatic N) is 1. The molecule has 0 atom stereocenters. The molecule has 0 aliphatic rings. The molecule has 17 heavy (non-hydrogen) atoms. The third-order valence-electron chi connectivity index (χ3n) is 2.42. The molecule has 4 heteroatoms. The van der Waals surface area contributed by atoms with Gasteiger partial charge in [0, 0.05) is 11.6 Å². The number of hydrogen-bond donors (Lipinski definition) is 1. The van der Waals surface area contributed by atoms with Crippen molar-refractivity contribution >= 4 is 6.21 Å². The number of methoxy groups -OCH3 is 1. The van der Waals surface area contributed by atoms with Crippen LogP contribution >= 0.6 is 0 Å². The van der Waals surface area contributed by atoms with Gasteiger partial charge >= 0.3 is 0 Å². The third kappa shape index (κ3) is 4.34. The zero-order valence-corrected chi connectivity index (χ0v) is 10.3. The van der Waals surface area contributed by atoms with E-state index >= 15 is 0 Å². The van der Waals surface area contributed by atoms with Crippen LogP contribution < -0.4 is 9.47 Å². The summed E-state index contributed by atoms with van der Waals surface area (Å²) >= 11 is 0. The van der Waals surface area contributed by atoms with Gasteiger partial charge < -0.3 is 14.7 Å². The summed E-state index contributed by atoms with van der Waals surface area (Å²) in [7, 11) is 1.61. The van der Waals surface area contributed by atoms with Gasteiger partial charge in [-0.25, -0.2) is 0 Å². The first kappa shape index (κ1) is 13.4. The zero-order chi connectivity index (χ0) is 12.5. The predicted octanol–water partition coefficient (Wildman–Crippen LogP) is 3.07. The molecule has 1 aromatic carbocycles. The van der Waals surface area contributed by atoms with E-state index in [0.29, 0.717) is 12.4 Å². The minimum absolute atomic E-state index is 0.660. The van der Waals surface area contributed by atoms with Crippen molar-refractivity contribution in [3.8, 4) is 11.5 Å². The zero-order valence-electron chi connectivity index (χ0n) is 10.3. The molecule has 0 spiro atoms. The Labute approximate surface area is 102 Å². The molecular weight excluding hydrogens is 218 g/mol. The van der Waals surface area contributed by atoms with Gasteiger partial charge in [0.1, 0.15) is 11.5 Å². The number of ether oxygens (including phenoxy) is 2. The molecule has 0 saturated heterocycles. The standard InChI is InChI=1S/C13H19NO3/c1-3-4-5-8-17-13-9-12(16-2)7-6-11(13)10-14-15/h6-7,9-10,15H,3-5,8H2,1-2H3. The number of rotatable bonds is 7. The van der Waals surface area contributed by atoms with Gasteiger partial charge in [-0.05, 0) is 18.6 Å². The smallest absolute Gasteiger partial charge is 0.131 e. The Balaban J connectivity index is 2.71. The lowest BCUT2D eigenvalue weighted by Crippen LogP contribution is -2.00. The van der Waals surface area contributed by atoms with Crippen molar-refractivity contribution in [3.05, 3.63) is 23.8 Å². The van der Waals surface area contributed by atoms with Gasteiger partial charge in [-0.1, -0.05) is 24.9 Å². The number of benzene rings is 1. The van der Waals surface area contributed by atoms with Gasteiger partial charge in [0.25, 0.3) is 0 Å². The van der Waals surface area contributed by atoms with Crippen LogP contribution in [0.2, 0.25) is 0 Å². The molecular formula is C13H19NO3. The maximum Gasteiger partial charge on any atom is 0.131 e. The normalized spacial score (nSPS) is 10.7. The fourth-order valence-electron chi connectivity index (χ4n) is 1.47. The maximum absolute atomic E-state index is 8.56. The topological polar surface area (TPSA) is 51.0 Å². The van der Waals surface area contributed by atoms with Crippen molar-refractivity contribution in [3.63, 3.8) is 0 Å². The lowest BCUT2D eigenvalue weighted by Gasteiger charge is -2.10. The van der Waals surface area contributed by atoms with Crippen LogP contribution in [0.3, 0.4) is 0 Å². The van der Waals surface area contributed by atoms with Gasteiger partial charge in [-0.2, -0.15) is 0 Å². The minimum Gasteiger partial charge on any atom is -0.497 e. The van der Waals surface area contributed by atoms with E-state index in [-0.39, 0.29) is 0 Å². The van der Waals surface area contributed by atoms with E-state index in [2.05, 4.69) is 12.1 Å². The van der Waals surface area contributed by atoms with Crippen molar-refractivity contribution in [2.24, 2.45) is 5.16 Å². The number of hydrogen-bond acceptors (Lipinski definition) is 4. The molecule has 0 saturated carbocycles. The summed E-state index contributed by atoms with van der Waals surface area (Å²) in [5.74, 6) is 1.41. The molecule has 0 fully saturated rings. The number of oxime groups is 1. The van der Waals surface area contributed by atoms with Crippen molar-refractivity contribution in [1.29, 1.82) is 0 Å². The van der Waals surface area contributed by atoms with Crippen LogP contribution in [0.5, 0.6) is 11.5 Å². The van der Waals surface area contributed by atoms with Gasteiger partial charge in [0.15, 0.2) is 0 Å². The largest absolute Gasteiger partial charge is 0.497 e. The fourth-order valence-corrected chi connectivity index (χ4v) is 1.47. The Hall–Kier alpha value is -1.71. The monoisotopic (exact) mass is 237 g/mol. The molecule has 94 valence electrons. The van der Waals surface area contributed by atoms with Crippen molar-refractivity contribution in [2.75, 3.05) is 13.7 Å². The summed E-state index contributed by atoms with van der Waals surface area (Å²) in [5.41, 5.74) is 0.741. The molecule has 0 aliphatic heterocycles. The second-order valence-electron chi connectivity index (χ2n) is 3.70. The highest BCUT2D eigenvalue weighted by Crippen LogP contribution is 2.23. The van der Waals surface area contributed by atoms with Gasteiger partial charge in [0.2, 0.25) is 0 Å². The summed E-state index contributed by atoms with van der Waals surface area (Å²) in [4.78, 5) is 0. The quantitative estimate of drug-likeness (QED) is 0.343. The molecule has 1 N–H and O–H groups in total. The third-order valence-corrected chi connectivity index (χ3v) is 2.42. The molecule has 4 nitrogen and oxygen atoms in total. The first-order valence-corrected chi connectivity index (χ1v) is 5.80. The van der Waals surface area contributed by atoms with Crippen LogP contribution in [0.1, 0.15) is 31.7 Å². The number of unbranched alkanes of at least 4 members (excludes halogenated alkanes) is 2. The fraction of sp³-hybridized carbons (Fsp3) is 0.462. The SMILES string of the molecule is CCCCCOc1cc(OC)ccc1C=NO. The molecule has 0 aliphatic carbocycles. The summed E-state index contributed by atoms with van der Waals surface area (Å²) < 4.78 is 10.8. The molecule has 0 bridgehead atoms. The average Bonchev–Trinajstić information content (AvgIpc) is 2.36. The van der Waals surface area contributed by atoms with E-state index in [1.54, 1.807) is 25.3 Å². The highest BCUT2D eigenvalue weighted by atomic mass is 16.5. The van der Waals surface area contributed by atoms with Gasteiger partial charge in [0.05, 0.1) is 19.9 Å². The van der Waals surface area contributed by atoms with Crippen molar-refractivity contribution < 1.29 is 14.7 Å². The first-order valence-electron chi connectivity index (χ1n) is 5.80. The minimum atomic E-state index is 0.660. The first-order chi connectivity index (χ1) is 8.31. The van der Waals surface area contributed by atoms with Crippen LogP contribution in [-0.2, 0) is 0 Å². The molecule has 0 amide bonds. The summed E-state index contributed by atoms with van der Waals surface area (Å²) in [6.45, 7) is 2.81. The Bertz CT molecular complexity index is 364. The average molecular weight is 237 g/mol. The molecule has 0 radical (unpaired) electrons. The Morgan fingerprint density at radius 2 is 2.18 bits per heavy atom. The predicted molar refractivity (Wildman–Crippen MR) is 67.4 cm³/mol. The van der Waals surface area contributed by atoms with Crippen LogP contribution in [0.25, 0.3) is 0 Å². The maximum atomic E-state index is 8.56.